The number of carbonyl (C=O) groups excluding carboxylic acids is 1. The highest BCUT2D eigenvalue weighted by molar-refractivity contribution is 7.09. The van der Waals surface area contributed by atoms with Crippen LogP contribution in [0.25, 0.3) is 0 Å². The summed E-state index contributed by atoms with van der Waals surface area (Å²) < 4.78 is 5.42. The van der Waals surface area contributed by atoms with Crippen molar-refractivity contribution in [3.63, 3.8) is 0 Å². The summed E-state index contributed by atoms with van der Waals surface area (Å²) >= 11 is 1.58. The first kappa shape index (κ1) is 15.3. The summed E-state index contributed by atoms with van der Waals surface area (Å²) in [6.45, 7) is 4.70. The number of nitrogens with zero attached hydrogens (tertiary/aromatic N) is 1. The van der Waals surface area contributed by atoms with Gasteiger partial charge in [-0.25, -0.2) is 4.79 Å². The summed E-state index contributed by atoms with van der Waals surface area (Å²) in [4.78, 5) is 26.3. The van der Waals surface area contributed by atoms with Gasteiger partial charge in [-0.3, -0.25) is 4.79 Å². The van der Waals surface area contributed by atoms with Crippen molar-refractivity contribution in [2.45, 2.75) is 26.8 Å². The molecule has 1 amide bonds. The SMILES string of the molecule is CCc1oc(C(=O)N(CC)Cc2cccs2)cc1C(=O)O. The maximum atomic E-state index is 12.5. The van der Waals surface area contributed by atoms with Crippen LogP contribution in [0.5, 0.6) is 0 Å². The number of amides is 1. The number of hydrogen-bond acceptors (Lipinski definition) is 4. The van der Waals surface area contributed by atoms with Crippen molar-refractivity contribution in [2.24, 2.45) is 0 Å². The number of rotatable bonds is 6. The molecule has 0 fully saturated rings. The summed E-state index contributed by atoms with van der Waals surface area (Å²) in [5.41, 5.74) is 0.0630. The Morgan fingerprint density at radius 2 is 2.14 bits per heavy atom. The molecule has 5 nitrogen and oxygen atoms in total. The van der Waals surface area contributed by atoms with Crippen LogP contribution in [0.3, 0.4) is 0 Å². The molecule has 0 aliphatic rings. The van der Waals surface area contributed by atoms with Gasteiger partial charge >= 0.3 is 5.97 Å². The molecule has 0 unspecified atom stereocenters. The number of carboxylic acids is 1. The Balaban J connectivity index is 2.23. The number of aryl methyl sites for hydroxylation is 1. The van der Waals surface area contributed by atoms with E-state index in [0.29, 0.717) is 25.3 Å². The van der Waals surface area contributed by atoms with Gasteiger partial charge < -0.3 is 14.4 Å². The molecule has 112 valence electrons. The quantitative estimate of drug-likeness (QED) is 0.889. The van der Waals surface area contributed by atoms with Crippen molar-refractivity contribution in [1.82, 2.24) is 4.90 Å². The van der Waals surface area contributed by atoms with Gasteiger partial charge in [0.15, 0.2) is 5.76 Å². The zero-order valence-corrected chi connectivity index (χ0v) is 12.8. The fourth-order valence-electron chi connectivity index (χ4n) is 2.05. The van der Waals surface area contributed by atoms with E-state index in [4.69, 9.17) is 9.52 Å². The van der Waals surface area contributed by atoms with E-state index in [1.165, 1.54) is 6.07 Å². The van der Waals surface area contributed by atoms with Gasteiger partial charge in [-0.15, -0.1) is 11.3 Å². The summed E-state index contributed by atoms with van der Waals surface area (Å²) in [5.74, 6) is -0.940. The smallest absolute Gasteiger partial charge is 0.339 e. The minimum atomic E-state index is -1.07. The third-order valence-electron chi connectivity index (χ3n) is 3.17. The van der Waals surface area contributed by atoms with Gasteiger partial charge in [-0.05, 0) is 18.4 Å². The topological polar surface area (TPSA) is 70.8 Å². The predicted molar refractivity (Wildman–Crippen MR) is 79.8 cm³/mol. The van der Waals surface area contributed by atoms with Gasteiger partial charge in [0, 0.05) is 23.9 Å². The molecule has 2 aromatic rings. The van der Waals surface area contributed by atoms with Gasteiger partial charge in [-0.2, -0.15) is 0 Å². The molecule has 1 N–H and O–H groups in total. The first-order valence-electron chi connectivity index (χ1n) is 6.74. The van der Waals surface area contributed by atoms with Crippen LogP contribution in [0, 0.1) is 0 Å². The summed E-state index contributed by atoms with van der Waals surface area (Å²) in [7, 11) is 0. The van der Waals surface area contributed by atoms with Crippen LogP contribution in [0.4, 0.5) is 0 Å². The lowest BCUT2D eigenvalue weighted by atomic mass is 10.2. The summed E-state index contributed by atoms with van der Waals surface area (Å²) in [6.07, 6.45) is 0.436. The average molecular weight is 307 g/mol. The lowest BCUT2D eigenvalue weighted by molar-refractivity contribution is 0.0691. The van der Waals surface area contributed by atoms with Crippen LogP contribution in [0.2, 0.25) is 0 Å². The van der Waals surface area contributed by atoms with Crippen molar-refractivity contribution in [1.29, 1.82) is 0 Å². The van der Waals surface area contributed by atoms with Gasteiger partial charge in [0.25, 0.3) is 5.91 Å². The van der Waals surface area contributed by atoms with E-state index in [9.17, 15) is 9.59 Å². The normalized spacial score (nSPS) is 10.6. The van der Waals surface area contributed by atoms with Gasteiger partial charge in [0.2, 0.25) is 0 Å². The fraction of sp³-hybridized carbons (Fsp3) is 0.333. The number of thiophene rings is 1. The Labute approximate surface area is 126 Å². The van der Waals surface area contributed by atoms with Crippen LogP contribution in [-0.4, -0.2) is 28.4 Å². The van der Waals surface area contributed by atoms with E-state index in [-0.39, 0.29) is 17.2 Å². The molecule has 2 rings (SSSR count). The first-order chi connectivity index (χ1) is 10.1. The summed E-state index contributed by atoms with van der Waals surface area (Å²) in [5, 5.41) is 11.1. The Hall–Kier alpha value is -2.08. The average Bonchev–Trinajstić information content (AvgIpc) is 3.12. The van der Waals surface area contributed by atoms with E-state index in [1.807, 2.05) is 24.4 Å². The Bertz CT molecular complexity index is 630. The molecule has 21 heavy (non-hydrogen) atoms. The molecular formula is C15H17NO4S. The van der Waals surface area contributed by atoms with Crippen molar-refractivity contribution in [2.75, 3.05) is 6.54 Å². The largest absolute Gasteiger partial charge is 0.478 e. The van der Waals surface area contributed by atoms with Crippen molar-refractivity contribution in [3.05, 3.63) is 45.5 Å². The molecule has 6 heteroatoms. The highest BCUT2D eigenvalue weighted by Crippen LogP contribution is 2.20. The second-order valence-corrected chi connectivity index (χ2v) is 5.54. The fourth-order valence-corrected chi connectivity index (χ4v) is 2.77. The molecule has 0 atom stereocenters. The van der Waals surface area contributed by atoms with E-state index in [1.54, 1.807) is 23.2 Å². The Kier molecular flexibility index (Phi) is 4.80. The number of furan rings is 1. The van der Waals surface area contributed by atoms with E-state index in [0.717, 1.165) is 4.88 Å². The van der Waals surface area contributed by atoms with Crippen LogP contribution >= 0.6 is 11.3 Å². The van der Waals surface area contributed by atoms with E-state index in [2.05, 4.69) is 0 Å². The minimum Gasteiger partial charge on any atom is -0.478 e. The molecule has 0 saturated heterocycles. The van der Waals surface area contributed by atoms with Crippen LogP contribution in [-0.2, 0) is 13.0 Å². The number of carboxylic acid groups (broad SMARTS) is 1. The van der Waals surface area contributed by atoms with Gasteiger partial charge in [-0.1, -0.05) is 13.0 Å². The van der Waals surface area contributed by atoms with E-state index < -0.39 is 5.97 Å². The molecule has 0 radical (unpaired) electrons. The molecular weight excluding hydrogens is 290 g/mol. The van der Waals surface area contributed by atoms with Crippen LogP contribution in [0.15, 0.2) is 28.0 Å². The number of hydrogen-bond donors (Lipinski definition) is 1. The second-order valence-electron chi connectivity index (χ2n) is 4.50. The van der Waals surface area contributed by atoms with Gasteiger partial charge in [0.1, 0.15) is 11.3 Å². The third kappa shape index (κ3) is 3.33. The van der Waals surface area contributed by atoms with Crippen LogP contribution < -0.4 is 0 Å². The molecule has 0 bridgehead atoms. The highest BCUT2D eigenvalue weighted by atomic mass is 32.1. The number of carbonyl (C=O) groups is 2. The molecule has 0 aromatic carbocycles. The molecule has 0 spiro atoms. The molecule has 0 saturated carbocycles. The standard InChI is InChI=1S/C15H17NO4S/c1-3-12-11(15(18)19)8-13(20-12)14(17)16(4-2)9-10-6-5-7-21-10/h5-8H,3-4,9H2,1-2H3,(H,18,19). The Morgan fingerprint density at radius 3 is 2.62 bits per heavy atom. The zero-order valence-electron chi connectivity index (χ0n) is 12.0. The zero-order chi connectivity index (χ0) is 15.4. The van der Waals surface area contributed by atoms with Crippen molar-refractivity contribution in [3.8, 4) is 0 Å². The second kappa shape index (κ2) is 6.58. The summed E-state index contributed by atoms with van der Waals surface area (Å²) in [6, 6.07) is 5.21. The monoisotopic (exact) mass is 307 g/mol. The van der Waals surface area contributed by atoms with Crippen molar-refractivity contribution < 1.29 is 19.1 Å². The maximum absolute atomic E-state index is 12.5. The number of aromatic carboxylic acids is 1. The van der Waals surface area contributed by atoms with Crippen molar-refractivity contribution >= 4 is 23.2 Å². The lowest BCUT2D eigenvalue weighted by Crippen LogP contribution is -2.29. The molecule has 2 heterocycles. The highest BCUT2D eigenvalue weighted by Gasteiger charge is 2.23. The van der Waals surface area contributed by atoms with Crippen LogP contribution in [0.1, 0.15) is 45.4 Å². The lowest BCUT2D eigenvalue weighted by Gasteiger charge is -2.18. The van der Waals surface area contributed by atoms with Gasteiger partial charge in [0.05, 0.1) is 6.54 Å². The third-order valence-corrected chi connectivity index (χ3v) is 4.03. The minimum absolute atomic E-state index is 0.0630. The molecule has 0 aliphatic carbocycles. The first-order valence-corrected chi connectivity index (χ1v) is 7.62. The molecule has 2 aromatic heterocycles. The van der Waals surface area contributed by atoms with E-state index >= 15 is 0 Å². The predicted octanol–water partition coefficient (Wildman–Crippen LogP) is 3.26. The Morgan fingerprint density at radius 1 is 1.38 bits per heavy atom. The maximum Gasteiger partial charge on any atom is 0.339 e. The molecule has 0 aliphatic heterocycles.